The van der Waals surface area contributed by atoms with E-state index in [9.17, 15) is 27.6 Å². The molecule has 0 aromatic carbocycles. The summed E-state index contributed by atoms with van der Waals surface area (Å²) in [4.78, 5) is 53.9. The van der Waals surface area contributed by atoms with Gasteiger partial charge in [-0.2, -0.15) is 0 Å². The fraction of sp³-hybridized carbons (Fsp3) is 0.562. The first kappa shape index (κ1) is 20.8. The average Bonchev–Trinajstić information content (AvgIpc) is 3.25. The molecule has 1 fully saturated rings. The largest absolute Gasteiger partial charge is 0.454 e. The number of amides is 1. The molecule has 0 aliphatic carbocycles. The van der Waals surface area contributed by atoms with Crippen LogP contribution >= 0.6 is 0 Å². The zero-order valence-corrected chi connectivity index (χ0v) is 17.0. The van der Waals surface area contributed by atoms with Gasteiger partial charge in [0.1, 0.15) is 6.54 Å². The molecule has 158 valence electrons. The smallest absolute Gasteiger partial charge is 0.332 e. The Morgan fingerprint density at radius 1 is 1.28 bits per heavy atom. The summed E-state index contributed by atoms with van der Waals surface area (Å²) in [5, 5.41) is 0. The summed E-state index contributed by atoms with van der Waals surface area (Å²) in [5.74, 6) is -1.37. The maximum absolute atomic E-state index is 12.3. The second-order valence-corrected chi connectivity index (χ2v) is 9.20. The van der Waals surface area contributed by atoms with Crippen LogP contribution in [0.15, 0.2) is 15.9 Å². The van der Waals surface area contributed by atoms with E-state index in [0.717, 1.165) is 4.57 Å². The van der Waals surface area contributed by atoms with E-state index in [0.29, 0.717) is 6.42 Å². The van der Waals surface area contributed by atoms with E-state index in [4.69, 9.17) is 4.74 Å². The number of likely N-dealkylation sites (N-methyl/N-ethyl adjacent to an activating group) is 1. The second-order valence-electron chi connectivity index (χ2n) is 6.97. The molecule has 2 aromatic heterocycles. The molecule has 1 aliphatic rings. The molecule has 13 heteroatoms. The molecular weight excluding hydrogens is 406 g/mol. The molecule has 0 N–H and O–H groups in total. The number of carbonyl (C=O) groups excluding carboxylic acids is 2. The number of hydrogen-bond acceptors (Lipinski definition) is 8. The Labute approximate surface area is 165 Å². The van der Waals surface area contributed by atoms with Gasteiger partial charge < -0.3 is 14.2 Å². The maximum atomic E-state index is 12.3. The monoisotopic (exact) mass is 427 g/mol. The van der Waals surface area contributed by atoms with Crippen LogP contribution in [0.4, 0.5) is 0 Å². The van der Waals surface area contributed by atoms with Crippen molar-refractivity contribution < 1.29 is 22.7 Å². The van der Waals surface area contributed by atoms with E-state index in [-0.39, 0.29) is 29.2 Å². The summed E-state index contributed by atoms with van der Waals surface area (Å²) in [6.07, 6.45) is 1.59. The topological polar surface area (TPSA) is 143 Å². The summed E-state index contributed by atoms with van der Waals surface area (Å²) in [6, 6.07) is -0.437. The van der Waals surface area contributed by atoms with Crippen LogP contribution in [0.25, 0.3) is 11.2 Å². The van der Waals surface area contributed by atoms with E-state index in [2.05, 4.69) is 4.98 Å². The predicted octanol–water partition coefficient (Wildman–Crippen LogP) is -2.38. The number of hydrogen-bond donors (Lipinski definition) is 0. The molecule has 1 aliphatic heterocycles. The van der Waals surface area contributed by atoms with E-state index in [1.165, 1.54) is 41.5 Å². The summed E-state index contributed by atoms with van der Waals surface area (Å²) in [5.41, 5.74) is -0.958. The number of sulfone groups is 1. The lowest BCUT2D eigenvalue weighted by Crippen LogP contribution is -2.40. The van der Waals surface area contributed by atoms with Gasteiger partial charge in [-0.15, -0.1) is 0 Å². The summed E-state index contributed by atoms with van der Waals surface area (Å²) in [7, 11) is 1.10. The van der Waals surface area contributed by atoms with Gasteiger partial charge in [0.2, 0.25) is 0 Å². The van der Waals surface area contributed by atoms with Crippen molar-refractivity contribution >= 4 is 32.9 Å². The van der Waals surface area contributed by atoms with Crippen molar-refractivity contribution in [3.8, 4) is 0 Å². The number of ether oxygens (including phenoxy) is 1. The lowest BCUT2D eigenvalue weighted by atomic mass is 10.2. The van der Waals surface area contributed by atoms with Gasteiger partial charge >= 0.3 is 11.7 Å². The number of imidazole rings is 1. The molecule has 3 rings (SSSR count). The Balaban J connectivity index is 1.67. The van der Waals surface area contributed by atoms with Crippen molar-refractivity contribution in [1.82, 2.24) is 23.6 Å². The number of aromatic nitrogens is 4. The second kappa shape index (κ2) is 7.46. The van der Waals surface area contributed by atoms with Crippen molar-refractivity contribution in [3.05, 3.63) is 27.2 Å². The van der Waals surface area contributed by atoms with E-state index in [1.54, 1.807) is 0 Å². The molecule has 1 atom stereocenters. The Kier molecular flexibility index (Phi) is 5.34. The molecule has 2 aromatic rings. The van der Waals surface area contributed by atoms with E-state index in [1.807, 2.05) is 0 Å². The van der Waals surface area contributed by atoms with Gasteiger partial charge in [-0.1, -0.05) is 0 Å². The van der Waals surface area contributed by atoms with Crippen LogP contribution in [0.5, 0.6) is 0 Å². The molecular formula is C16H21N5O7S. The molecule has 1 amide bonds. The molecule has 1 unspecified atom stereocenters. The zero-order valence-electron chi connectivity index (χ0n) is 16.2. The average molecular weight is 427 g/mol. The van der Waals surface area contributed by atoms with Gasteiger partial charge in [0.05, 0.1) is 17.8 Å². The Morgan fingerprint density at radius 2 is 1.97 bits per heavy atom. The first-order valence-electron chi connectivity index (χ1n) is 8.74. The molecule has 3 heterocycles. The van der Waals surface area contributed by atoms with Crippen LogP contribution in [0.3, 0.4) is 0 Å². The van der Waals surface area contributed by atoms with Crippen LogP contribution in [0.2, 0.25) is 0 Å². The highest BCUT2D eigenvalue weighted by Gasteiger charge is 2.33. The Morgan fingerprint density at radius 3 is 2.59 bits per heavy atom. The number of esters is 1. The maximum Gasteiger partial charge on any atom is 0.332 e. The highest BCUT2D eigenvalue weighted by molar-refractivity contribution is 7.91. The van der Waals surface area contributed by atoms with Gasteiger partial charge in [0, 0.05) is 27.2 Å². The molecule has 0 bridgehead atoms. The Hall–Kier alpha value is -2.96. The van der Waals surface area contributed by atoms with Crippen molar-refractivity contribution in [2.45, 2.75) is 19.0 Å². The number of fused-ring (bicyclic) bond motifs is 1. The minimum atomic E-state index is -3.14. The van der Waals surface area contributed by atoms with Crippen molar-refractivity contribution in [3.63, 3.8) is 0 Å². The van der Waals surface area contributed by atoms with Gasteiger partial charge in [0.25, 0.3) is 11.5 Å². The molecule has 29 heavy (non-hydrogen) atoms. The lowest BCUT2D eigenvalue weighted by molar-refractivity contribution is -0.152. The standard InChI is InChI=1S/C16H21N5O7S/c1-18(10-4-5-29(26,27)8-10)11(22)7-28-12(23)6-21-9-17-14-13(21)15(24)20(3)16(25)19(14)2/h9-10H,4-8H2,1-3H3. The molecule has 12 nitrogen and oxygen atoms in total. The molecule has 0 radical (unpaired) electrons. The van der Waals surface area contributed by atoms with Crippen LogP contribution in [-0.4, -0.2) is 75.1 Å². The fourth-order valence-electron chi connectivity index (χ4n) is 3.23. The normalized spacial score (nSPS) is 18.1. The lowest BCUT2D eigenvalue weighted by Gasteiger charge is -2.23. The van der Waals surface area contributed by atoms with Gasteiger partial charge in [-0.05, 0) is 6.42 Å². The summed E-state index contributed by atoms with van der Waals surface area (Å²) in [6.45, 7) is -0.923. The Bertz CT molecular complexity index is 1210. The van der Waals surface area contributed by atoms with Crippen molar-refractivity contribution in [1.29, 1.82) is 0 Å². The van der Waals surface area contributed by atoms with Crippen molar-refractivity contribution in [2.24, 2.45) is 14.1 Å². The molecule has 0 saturated carbocycles. The molecule has 1 saturated heterocycles. The first-order valence-corrected chi connectivity index (χ1v) is 10.6. The number of rotatable bonds is 5. The summed E-state index contributed by atoms with van der Waals surface area (Å²) < 4.78 is 31.4. The fourth-order valence-corrected chi connectivity index (χ4v) is 5.00. The van der Waals surface area contributed by atoms with Crippen LogP contribution < -0.4 is 11.2 Å². The van der Waals surface area contributed by atoms with Gasteiger partial charge in [-0.3, -0.25) is 23.5 Å². The third kappa shape index (κ3) is 3.95. The third-order valence-corrected chi connectivity index (χ3v) is 6.77. The minimum absolute atomic E-state index is 0.0280. The minimum Gasteiger partial charge on any atom is -0.454 e. The van der Waals surface area contributed by atoms with Crippen LogP contribution in [0.1, 0.15) is 6.42 Å². The highest BCUT2D eigenvalue weighted by atomic mass is 32.2. The van der Waals surface area contributed by atoms with Crippen LogP contribution in [0, 0.1) is 0 Å². The summed E-state index contributed by atoms with van der Waals surface area (Å²) >= 11 is 0. The first-order chi connectivity index (χ1) is 13.5. The SMILES string of the molecule is CN(C(=O)COC(=O)Cn1cnc2c1c(=O)n(C)c(=O)n2C)C1CCS(=O)(=O)C1. The van der Waals surface area contributed by atoms with Crippen molar-refractivity contribution in [2.75, 3.05) is 25.2 Å². The van der Waals surface area contributed by atoms with Gasteiger partial charge in [0.15, 0.2) is 27.6 Å². The third-order valence-electron chi connectivity index (χ3n) is 5.02. The zero-order chi connectivity index (χ0) is 21.5. The highest BCUT2D eigenvalue weighted by Crippen LogP contribution is 2.16. The predicted molar refractivity (Wildman–Crippen MR) is 101 cm³/mol. The van der Waals surface area contributed by atoms with Crippen LogP contribution in [-0.2, 0) is 44.8 Å². The number of nitrogens with zero attached hydrogens (tertiary/aromatic N) is 5. The van der Waals surface area contributed by atoms with E-state index >= 15 is 0 Å². The molecule has 0 spiro atoms. The number of carbonyl (C=O) groups is 2. The van der Waals surface area contributed by atoms with Gasteiger partial charge in [-0.25, -0.2) is 18.2 Å². The quantitative estimate of drug-likeness (QED) is 0.482. The number of aryl methyl sites for hydroxylation is 1. The van der Waals surface area contributed by atoms with E-state index < -0.39 is 45.6 Å².